The lowest BCUT2D eigenvalue weighted by atomic mass is 10.1. The van der Waals surface area contributed by atoms with Gasteiger partial charge in [0.15, 0.2) is 6.61 Å². The van der Waals surface area contributed by atoms with Gasteiger partial charge in [-0.1, -0.05) is 11.6 Å². The number of carbonyl (C=O) groups is 2. The summed E-state index contributed by atoms with van der Waals surface area (Å²) in [5.74, 6) is -1.07. The minimum Gasteiger partial charge on any atom is -0.496 e. The molecular formula is C19H20N2O6. The first kappa shape index (κ1) is 19.9. The van der Waals surface area contributed by atoms with Gasteiger partial charge in [-0.05, 0) is 50.1 Å². The highest BCUT2D eigenvalue weighted by Crippen LogP contribution is 2.28. The first-order valence-electron chi connectivity index (χ1n) is 8.10. The van der Waals surface area contributed by atoms with Crippen LogP contribution >= 0.6 is 0 Å². The third kappa shape index (κ3) is 4.81. The molecule has 0 unspecified atom stereocenters. The topological polar surface area (TPSA) is 108 Å². The number of amides is 1. The SMILES string of the molecule is COc1ccc(C)cc1C(=O)OCC(=O)Nc1cc(C)c(C)cc1[N+](=O)[O-]. The number of benzene rings is 2. The van der Waals surface area contributed by atoms with E-state index >= 15 is 0 Å². The van der Waals surface area contributed by atoms with Crippen LogP contribution in [0.25, 0.3) is 0 Å². The maximum absolute atomic E-state index is 12.2. The number of hydrogen-bond donors (Lipinski definition) is 1. The third-order valence-corrected chi connectivity index (χ3v) is 3.99. The fraction of sp³-hybridized carbons (Fsp3) is 0.263. The van der Waals surface area contributed by atoms with Crippen LogP contribution in [-0.2, 0) is 9.53 Å². The highest BCUT2D eigenvalue weighted by atomic mass is 16.6. The summed E-state index contributed by atoms with van der Waals surface area (Å²) in [6.45, 7) is 4.74. The first-order valence-corrected chi connectivity index (χ1v) is 8.10. The normalized spacial score (nSPS) is 10.2. The molecule has 0 bridgehead atoms. The zero-order valence-electron chi connectivity index (χ0n) is 15.5. The van der Waals surface area contributed by atoms with Gasteiger partial charge in [0.25, 0.3) is 11.6 Å². The van der Waals surface area contributed by atoms with E-state index in [1.165, 1.54) is 19.2 Å². The van der Waals surface area contributed by atoms with E-state index in [1.807, 2.05) is 6.92 Å². The second-order valence-electron chi connectivity index (χ2n) is 6.04. The number of ether oxygens (including phenoxy) is 2. The first-order chi connectivity index (χ1) is 12.7. The molecule has 8 heteroatoms. The van der Waals surface area contributed by atoms with Crippen molar-refractivity contribution in [3.8, 4) is 5.75 Å². The standard InChI is InChI=1S/C19H20N2O6/c1-11-5-6-17(26-4)14(7-11)19(23)27-10-18(22)20-15-8-12(2)13(3)9-16(15)21(24)25/h5-9H,10H2,1-4H3,(H,20,22). The van der Waals surface area contributed by atoms with Gasteiger partial charge in [0.2, 0.25) is 0 Å². The van der Waals surface area contributed by atoms with E-state index < -0.39 is 23.4 Å². The Balaban J connectivity index is 2.09. The van der Waals surface area contributed by atoms with Crippen LogP contribution in [0.3, 0.4) is 0 Å². The molecule has 2 rings (SSSR count). The maximum atomic E-state index is 12.2. The molecule has 0 aliphatic carbocycles. The van der Waals surface area contributed by atoms with Crippen LogP contribution in [-0.4, -0.2) is 30.5 Å². The van der Waals surface area contributed by atoms with E-state index in [9.17, 15) is 19.7 Å². The Hall–Kier alpha value is -3.42. The molecule has 142 valence electrons. The van der Waals surface area contributed by atoms with Crippen LogP contribution in [0.2, 0.25) is 0 Å². The molecule has 0 radical (unpaired) electrons. The smallest absolute Gasteiger partial charge is 0.342 e. The molecule has 0 aliphatic rings. The summed E-state index contributed by atoms with van der Waals surface area (Å²) >= 11 is 0. The second-order valence-corrected chi connectivity index (χ2v) is 6.04. The number of nitrogens with zero attached hydrogens (tertiary/aromatic N) is 1. The predicted molar refractivity (Wildman–Crippen MR) is 99.2 cm³/mol. The molecule has 8 nitrogen and oxygen atoms in total. The second kappa shape index (κ2) is 8.31. The van der Waals surface area contributed by atoms with Gasteiger partial charge in [-0.2, -0.15) is 0 Å². The van der Waals surface area contributed by atoms with Crippen LogP contribution in [0.15, 0.2) is 30.3 Å². The van der Waals surface area contributed by atoms with Crippen molar-refractivity contribution in [3.05, 3.63) is 62.7 Å². The molecule has 0 aliphatic heterocycles. The summed E-state index contributed by atoms with van der Waals surface area (Å²) in [4.78, 5) is 34.9. The number of anilines is 1. The fourth-order valence-electron chi connectivity index (χ4n) is 2.43. The molecule has 27 heavy (non-hydrogen) atoms. The van der Waals surface area contributed by atoms with Gasteiger partial charge >= 0.3 is 5.97 Å². The number of nitro groups is 1. The van der Waals surface area contributed by atoms with Crippen LogP contribution in [0.5, 0.6) is 5.75 Å². The lowest BCUT2D eigenvalue weighted by Gasteiger charge is -2.11. The van der Waals surface area contributed by atoms with Crippen molar-refractivity contribution in [2.45, 2.75) is 20.8 Å². The van der Waals surface area contributed by atoms with E-state index in [4.69, 9.17) is 9.47 Å². The number of methoxy groups -OCH3 is 1. The maximum Gasteiger partial charge on any atom is 0.342 e. The molecule has 1 N–H and O–H groups in total. The molecular weight excluding hydrogens is 352 g/mol. The van der Waals surface area contributed by atoms with Gasteiger partial charge in [0, 0.05) is 6.07 Å². The number of nitro benzene ring substituents is 1. The minimum atomic E-state index is -0.722. The average molecular weight is 372 g/mol. The van der Waals surface area contributed by atoms with Crippen molar-refractivity contribution >= 4 is 23.3 Å². The monoisotopic (exact) mass is 372 g/mol. The predicted octanol–water partition coefficient (Wildman–Crippen LogP) is 3.32. The summed E-state index contributed by atoms with van der Waals surface area (Å²) in [5.41, 5.74) is 2.38. The van der Waals surface area contributed by atoms with E-state index in [-0.39, 0.29) is 16.9 Å². The highest BCUT2D eigenvalue weighted by molar-refractivity contribution is 5.98. The molecule has 1 amide bonds. The van der Waals surface area contributed by atoms with Gasteiger partial charge in [0.05, 0.1) is 12.0 Å². The Morgan fingerprint density at radius 2 is 1.78 bits per heavy atom. The van der Waals surface area contributed by atoms with E-state index in [0.29, 0.717) is 5.75 Å². The molecule has 0 spiro atoms. The van der Waals surface area contributed by atoms with Crippen molar-refractivity contribution in [2.75, 3.05) is 19.0 Å². The number of nitrogens with one attached hydrogen (secondary N) is 1. The number of aryl methyl sites for hydroxylation is 3. The molecule has 2 aromatic carbocycles. The zero-order chi connectivity index (χ0) is 20.1. The summed E-state index contributed by atoms with van der Waals surface area (Å²) in [7, 11) is 1.42. The molecule has 0 heterocycles. The lowest BCUT2D eigenvalue weighted by Crippen LogP contribution is -2.21. The van der Waals surface area contributed by atoms with Gasteiger partial charge in [-0.25, -0.2) is 4.79 Å². The summed E-state index contributed by atoms with van der Waals surface area (Å²) < 4.78 is 10.1. The van der Waals surface area contributed by atoms with Crippen molar-refractivity contribution in [1.29, 1.82) is 0 Å². The highest BCUT2D eigenvalue weighted by Gasteiger charge is 2.19. The van der Waals surface area contributed by atoms with Crippen LogP contribution in [0.1, 0.15) is 27.0 Å². The Morgan fingerprint density at radius 1 is 1.11 bits per heavy atom. The Morgan fingerprint density at radius 3 is 2.41 bits per heavy atom. The summed E-state index contributed by atoms with van der Waals surface area (Å²) in [5, 5.41) is 13.6. The number of hydrogen-bond acceptors (Lipinski definition) is 6. The number of rotatable bonds is 6. The molecule has 0 fully saturated rings. The largest absolute Gasteiger partial charge is 0.496 e. The Kier molecular flexibility index (Phi) is 6.12. The zero-order valence-corrected chi connectivity index (χ0v) is 15.5. The van der Waals surface area contributed by atoms with Gasteiger partial charge < -0.3 is 14.8 Å². The van der Waals surface area contributed by atoms with Crippen LogP contribution < -0.4 is 10.1 Å². The quantitative estimate of drug-likeness (QED) is 0.473. The number of carbonyl (C=O) groups excluding carboxylic acids is 2. The van der Waals surface area contributed by atoms with Crippen molar-refractivity contribution in [1.82, 2.24) is 0 Å². The lowest BCUT2D eigenvalue weighted by molar-refractivity contribution is -0.384. The minimum absolute atomic E-state index is 0.0530. The third-order valence-electron chi connectivity index (χ3n) is 3.99. The fourth-order valence-corrected chi connectivity index (χ4v) is 2.43. The van der Waals surface area contributed by atoms with Gasteiger partial charge in [-0.3, -0.25) is 14.9 Å². The van der Waals surface area contributed by atoms with E-state index in [1.54, 1.807) is 32.0 Å². The molecule has 0 saturated heterocycles. The van der Waals surface area contributed by atoms with Crippen molar-refractivity contribution in [3.63, 3.8) is 0 Å². The van der Waals surface area contributed by atoms with Crippen LogP contribution in [0, 0.1) is 30.9 Å². The Labute approximate surface area is 156 Å². The van der Waals surface area contributed by atoms with E-state index in [2.05, 4.69) is 5.32 Å². The summed E-state index contributed by atoms with van der Waals surface area (Å²) in [6, 6.07) is 7.89. The van der Waals surface area contributed by atoms with E-state index in [0.717, 1.165) is 16.7 Å². The van der Waals surface area contributed by atoms with Gasteiger partial charge in [-0.15, -0.1) is 0 Å². The summed E-state index contributed by atoms with van der Waals surface area (Å²) in [6.07, 6.45) is 0. The molecule has 0 aromatic heterocycles. The molecule has 2 aromatic rings. The van der Waals surface area contributed by atoms with Crippen molar-refractivity contribution < 1.29 is 24.0 Å². The van der Waals surface area contributed by atoms with Gasteiger partial charge in [0.1, 0.15) is 17.0 Å². The van der Waals surface area contributed by atoms with Crippen LogP contribution in [0.4, 0.5) is 11.4 Å². The van der Waals surface area contributed by atoms with Crippen molar-refractivity contribution in [2.24, 2.45) is 0 Å². The molecule has 0 saturated carbocycles. The average Bonchev–Trinajstić information content (AvgIpc) is 2.62. The number of esters is 1. The molecule has 0 atom stereocenters. The Bertz CT molecular complexity index is 907.